The Morgan fingerprint density at radius 2 is 2.08 bits per heavy atom. The van der Waals surface area contributed by atoms with Crippen LogP contribution in [0.4, 0.5) is 0 Å². The fourth-order valence-corrected chi connectivity index (χ4v) is 4.03. The number of carbonyl (C=O) groups is 1. The lowest BCUT2D eigenvalue weighted by Crippen LogP contribution is -2.26. The van der Waals surface area contributed by atoms with Crippen LogP contribution in [-0.2, 0) is 11.3 Å². The zero-order valence-electron chi connectivity index (χ0n) is 14.6. The molecule has 24 heavy (non-hydrogen) atoms. The van der Waals surface area contributed by atoms with E-state index in [4.69, 9.17) is 0 Å². The van der Waals surface area contributed by atoms with Crippen molar-refractivity contribution in [1.82, 2.24) is 10.6 Å². The summed E-state index contributed by atoms with van der Waals surface area (Å²) in [4.78, 5) is 12.2. The quantitative estimate of drug-likeness (QED) is 0.658. The Morgan fingerprint density at radius 3 is 2.75 bits per heavy atom. The molecule has 3 rings (SSSR count). The van der Waals surface area contributed by atoms with E-state index >= 15 is 0 Å². The Bertz CT molecular complexity index is 697. The minimum absolute atomic E-state index is 0.00937. The third kappa shape index (κ3) is 3.09. The molecule has 0 radical (unpaired) electrons. The van der Waals surface area contributed by atoms with E-state index in [-0.39, 0.29) is 11.8 Å². The minimum Gasteiger partial charge on any atom is -0.352 e. The van der Waals surface area contributed by atoms with Gasteiger partial charge in [-0.3, -0.25) is 4.79 Å². The molecule has 1 aliphatic heterocycles. The second-order valence-electron chi connectivity index (χ2n) is 6.63. The minimum atomic E-state index is 0.00937. The number of hydrogen-bond acceptors (Lipinski definition) is 2. The highest BCUT2D eigenvalue weighted by Gasteiger charge is 2.38. The van der Waals surface area contributed by atoms with Gasteiger partial charge in [0.25, 0.3) is 0 Å². The van der Waals surface area contributed by atoms with E-state index in [2.05, 4.69) is 53.6 Å². The normalized spacial score (nSPS) is 24.2. The maximum atomic E-state index is 12.2. The van der Waals surface area contributed by atoms with Crippen molar-refractivity contribution in [2.24, 2.45) is 11.8 Å². The molecule has 1 aliphatic carbocycles. The number of allylic oxidation sites excluding steroid dienone is 3. The Balaban J connectivity index is 2.00. The molecule has 1 fully saturated rings. The summed E-state index contributed by atoms with van der Waals surface area (Å²) in [5.74, 6) is 0.499. The maximum absolute atomic E-state index is 12.2. The summed E-state index contributed by atoms with van der Waals surface area (Å²) >= 11 is 0. The molecule has 0 spiro atoms. The Kier molecular flexibility index (Phi) is 5.00. The molecule has 2 aliphatic rings. The monoisotopic (exact) mass is 322 g/mol. The zero-order chi connectivity index (χ0) is 17.1. The van der Waals surface area contributed by atoms with Gasteiger partial charge in [-0.2, -0.15) is 0 Å². The van der Waals surface area contributed by atoms with Gasteiger partial charge in [-0.05, 0) is 49.4 Å². The summed E-state index contributed by atoms with van der Waals surface area (Å²) < 4.78 is 0. The average molecular weight is 322 g/mol. The van der Waals surface area contributed by atoms with Crippen molar-refractivity contribution in [2.45, 2.75) is 26.3 Å². The van der Waals surface area contributed by atoms with E-state index in [1.54, 1.807) is 0 Å². The van der Waals surface area contributed by atoms with Gasteiger partial charge < -0.3 is 10.6 Å². The number of fused-ring (bicyclic) bond motifs is 1. The van der Waals surface area contributed by atoms with Crippen LogP contribution < -0.4 is 10.6 Å². The third-order valence-corrected chi connectivity index (χ3v) is 5.10. The Morgan fingerprint density at radius 1 is 1.33 bits per heavy atom. The molecule has 2 unspecified atom stereocenters. The summed E-state index contributed by atoms with van der Waals surface area (Å²) in [5, 5.41) is 6.16. The van der Waals surface area contributed by atoms with Crippen molar-refractivity contribution in [3.05, 3.63) is 65.3 Å². The van der Waals surface area contributed by atoms with E-state index < -0.39 is 0 Å². The van der Waals surface area contributed by atoms with E-state index in [1.165, 1.54) is 22.3 Å². The van der Waals surface area contributed by atoms with Gasteiger partial charge in [-0.25, -0.2) is 0 Å². The third-order valence-electron chi connectivity index (χ3n) is 5.10. The second-order valence-corrected chi connectivity index (χ2v) is 6.63. The number of rotatable bonds is 4. The lowest BCUT2D eigenvalue weighted by Gasteiger charge is -2.19. The molecule has 1 saturated heterocycles. The van der Waals surface area contributed by atoms with Crippen molar-refractivity contribution in [2.75, 3.05) is 13.6 Å². The summed E-state index contributed by atoms with van der Waals surface area (Å²) in [6, 6.07) is 8.80. The molecule has 1 aromatic carbocycles. The number of benzene rings is 1. The molecule has 1 heterocycles. The first kappa shape index (κ1) is 16.7. The smallest absolute Gasteiger partial charge is 0.247 e. The molecule has 0 saturated carbocycles. The van der Waals surface area contributed by atoms with E-state index in [1.807, 2.05) is 14.0 Å². The van der Waals surface area contributed by atoms with Gasteiger partial charge in [-0.1, -0.05) is 48.6 Å². The van der Waals surface area contributed by atoms with Crippen LogP contribution in [0.15, 0.2) is 54.1 Å². The molecule has 3 heteroatoms. The first-order chi connectivity index (χ1) is 11.7. The molecule has 0 bridgehead atoms. The second kappa shape index (κ2) is 7.18. The largest absolute Gasteiger partial charge is 0.352 e. The van der Waals surface area contributed by atoms with Crippen molar-refractivity contribution >= 4 is 11.5 Å². The average Bonchev–Trinajstić information content (AvgIpc) is 2.86. The molecular formula is C21H26N2O. The molecule has 2 atom stereocenters. The van der Waals surface area contributed by atoms with E-state index in [0.29, 0.717) is 18.0 Å². The summed E-state index contributed by atoms with van der Waals surface area (Å²) in [7, 11) is 1.96. The predicted octanol–water partition coefficient (Wildman–Crippen LogP) is 3.45. The molecule has 1 amide bonds. The van der Waals surface area contributed by atoms with Crippen LogP contribution in [0.2, 0.25) is 0 Å². The summed E-state index contributed by atoms with van der Waals surface area (Å²) in [6.45, 7) is 7.74. The molecule has 3 nitrogen and oxygen atoms in total. The Labute approximate surface area is 144 Å². The molecule has 0 aromatic heterocycles. The van der Waals surface area contributed by atoms with Crippen LogP contribution in [0.25, 0.3) is 5.57 Å². The SMILES string of the molecule is C=C1C(=O)NCCC2=C(c3ccc(CNC)cc3)CC(/C=C/C)C12. The van der Waals surface area contributed by atoms with Gasteiger partial charge in [-0.15, -0.1) is 0 Å². The van der Waals surface area contributed by atoms with Crippen molar-refractivity contribution in [1.29, 1.82) is 0 Å². The highest BCUT2D eigenvalue weighted by atomic mass is 16.1. The van der Waals surface area contributed by atoms with Crippen LogP contribution in [0.5, 0.6) is 0 Å². The van der Waals surface area contributed by atoms with Crippen LogP contribution in [0.1, 0.15) is 30.9 Å². The van der Waals surface area contributed by atoms with Crippen molar-refractivity contribution < 1.29 is 4.79 Å². The van der Waals surface area contributed by atoms with Gasteiger partial charge in [0.2, 0.25) is 5.91 Å². The first-order valence-electron chi connectivity index (χ1n) is 8.71. The van der Waals surface area contributed by atoms with Crippen molar-refractivity contribution in [3.8, 4) is 0 Å². The van der Waals surface area contributed by atoms with Gasteiger partial charge in [0.1, 0.15) is 0 Å². The maximum Gasteiger partial charge on any atom is 0.247 e. The summed E-state index contributed by atoms with van der Waals surface area (Å²) in [5.41, 5.74) is 6.07. The fraction of sp³-hybridized carbons (Fsp3) is 0.381. The summed E-state index contributed by atoms with van der Waals surface area (Å²) in [6.07, 6.45) is 6.23. The molecule has 126 valence electrons. The van der Waals surface area contributed by atoms with E-state index in [0.717, 1.165) is 19.4 Å². The van der Waals surface area contributed by atoms with Gasteiger partial charge in [0.05, 0.1) is 0 Å². The zero-order valence-corrected chi connectivity index (χ0v) is 14.6. The van der Waals surface area contributed by atoms with Crippen LogP contribution >= 0.6 is 0 Å². The molecule has 2 N–H and O–H groups in total. The lowest BCUT2D eigenvalue weighted by molar-refractivity contribution is -0.117. The van der Waals surface area contributed by atoms with Crippen LogP contribution in [0, 0.1) is 11.8 Å². The topological polar surface area (TPSA) is 41.1 Å². The Hall–Kier alpha value is -2.13. The van der Waals surface area contributed by atoms with Crippen molar-refractivity contribution in [3.63, 3.8) is 0 Å². The molecular weight excluding hydrogens is 296 g/mol. The highest BCUT2D eigenvalue weighted by molar-refractivity contribution is 5.95. The fourth-order valence-electron chi connectivity index (χ4n) is 4.03. The number of amides is 1. The van der Waals surface area contributed by atoms with E-state index in [9.17, 15) is 4.79 Å². The molecule has 1 aromatic rings. The lowest BCUT2D eigenvalue weighted by atomic mass is 9.84. The number of carbonyl (C=O) groups excluding carboxylic acids is 1. The van der Waals surface area contributed by atoms with Gasteiger partial charge in [0, 0.05) is 24.6 Å². The van der Waals surface area contributed by atoms with Crippen LogP contribution in [-0.4, -0.2) is 19.5 Å². The standard InChI is InChI=1S/C21H26N2O/c1-4-5-17-12-19(16-8-6-15(7-9-16)13-22-3)18-10-11-23-21(24)14(2)20(17)18/h4-9,17,20,22H,2,10-13H2,1,3H3,(H,23,24)/b5-4+. The number of nitrogens with one attached hydrogen (secondary N) is 2. The predicted molar refractivity (Wildman–Crippen MR) is 99.3 cm³/mol. The highest BCUT2D eigenvalue weighted by Crippen LogP contribution is 2.48. The van der Waals surface area contributed by atoms with Gasteiger partial charge in [0.15, 0.2) is 0 Å². The van der Waals surface area contributed by atoms with Crippen LogP contribution in [0.3, 0.4) is 0 Å². The van der Waals surface area contributed by atoms with Gasteiger partial charge >= 0.3 is 0 Å². The first-order valence-corrected chi connectivity index (χ1v) is 8.71. The number of hydrogen-bond donors (Lipinski definition) is 2.